The number of fused-ring (bicyclic) bond motifs is 1. The molecule has 0 saturated carbocycles. The van der Waals surface area contributed by atoms with E-state index in [1.165, 1.54) is 4.52 Å². The quantitative estimate of drug-likeness (QED) is 0.625. The lowest BCUT2D eigenvalue weighted by atomic mass is 10.1. The van der Waals surface area contributed by atoms with Crippen molar-refractivity contribution >= 4 is 11.6 Å². The second-order valence-electron chi connectivity index (χ2n) is 5.62. The first-order chi connectivity index (χ1) is 12.2. The van der Waals surface area contributed by atoms with Gasteiger partial charge < -0.3 is 5.73 Å². The van der Waals surface area contributed by atoms with Gasteiger partial charge in [0.25, 0.3) is 0 Å². The van der Waals surface area contributed by atoms with Gasteiger partial charge in [-0.2, -0.15) is 9.78 Å². The van der Waals surface area contributed by atoms with E-state index < -0.39 is 0 Å². The summed E-state index contributed by atoms with van der Waals surface area (Å²) in [6.07, 6.45) is 0.617. The topological polar surface area (TPSA) is 92.9 Å². The number of hydrogen-bond donors (Lipinski definition) is 1. The Morgan fingerprint density at radius 2 is 1.76 bits per heavy atom. The number of anilines is 1. The lowest BCUT2D eigenvalue weighted by Crippen LogP contribution is -2.03. The molecule has 4 aromatic rings. The molecule has 0 amide bonds. The zero-order valence-electron chi connectivity index (χ0n) is 13.3. The summed E-state index contributed by atoms with van der Waals surface area (Å²) in [4.78, 5) is 8.95. The largest absolute Gasteiger partial charge is 0.368 e. The van der Waals surface area contributed by atoms with Crippen LogP contribution in [0.2, 0.25) is 0 Å². The second-order valence-corrected chi connectivity index (χ2v) is 5.62. The van der Waals surface area contributed by atoms with Gasteiger partial charge in [-0.3, -0.25) is 0 Å². The van der Waals surface area contributed by atoms with E-state index in [1.807, 2.05) is 48.5 Å². The molecule has 0 unspecified atom stereocenters. The summed E-state index contributed by atoms with van der Waals surface area (Å²) in [5.74, 6) is 0.914. The molecule has 0 radical (unpaired) electrons. The van der Waals surface area contributed by atoms with Crippen molar-refractivity contribution in [3.8, 4) is 17.3 Å². The normalized spacial score (nSPS) is 10.7. The molecule has 2 aromatic carbocycles. The first kappa shape index (κ1) is 14.8. The summed E-state index contributed by atoms with van der Waals surface area (Å²) >= 11 is 0. The van der Waals surface area contributed by atoms with Gasteiger partial charge in [0.2, 0.25) is 5.95 Å². The SMILES string of the molecule is N#Cc1ccccc1-c1cc2nc(Cc3ccccc3)nn2c(N)n1. The summed E-state index contributed by atoms with van der Waals surface area (Å²) < 4.78 is 1.52. The Balaban J connectivity index is 1.79. The fourth-order valence-corrected chi connectivity index (χ4v) is 2.75. The number of hydrogen-bond acceptors (Lipinski definition) is 5. The molecule has 0 fully saturated rings. The third-order valence-electron chi connectivity index (χ3n) is 3.92. The van der Waals surface area contributed by atoms with Crippen LogP contribution in [0.4, 0.5) is 5.95 Å². The highest BCUT2D eigenvalue weighted by Crippen LogP contribution is 2.23. The van der Waals surface area contributed by atoms with Crippen molar-refractivity contribution in [1.29, 1.82) is 5.26 Å². The van der Waals surface area contributed by atoms with E-state index in [4.69, 9.17) is 5.73 Å². The maximum atomic E-state index is 9.29. The number of nitriles is 1. The maximum Gasteiger partial charge on any atom is 0.223 e. The Bertz CT molecular complexity index is 1090. The van der Waals surface area contributed by atoms with E-state index in [1.54, 1.807) is 12.1 Å². The molecule has 0 aliphatic rings. The zero-order chi connectivity index (χ0) is 17.2. The number of nitrogen functional groups attached to an aromatic ring is 1. The number of benzene rings is 2. The van der Waals surface area contributed by atoms with Gasteiger partial charge in [-0.15, -0.1) is 5.10 Å². The van der Waals surface area contributed by atoms with E-state index >= 15 is 0 Å². The lowest BCUT2D eigenvalue weighted by Gasteiger charge is -2.05. The first-order valence-electron chi connectivity index (χ1n) is 7.80. The highest BCUT2D eigenvalue weighted by molar-refractivity contribution is 5.71. The van der Waals surface area contributed by atoms with E-state index in [9.17, 15) is 5.26 Å². The Morgan fingerprint density at radius 3 is 2.56 bits per heavy atom. The molecule has 25 heavy (non-hydrogen) atoms. The average Bonchev–Trinajstić information content (AvgIpc) is 3.05. The van der Waals surface area contributed by atoms with Crippen molar-refractivity contribution in [2.24, 2.45) is 0 Å². The van der Waals surface area contributed by atoms with E-state index in [0.29, 0.717) is 29.1 Å². The predicted octanol–water partition coefficient (Wildman–Crippen LogP) is 2.84. The van der Waals surface area contributed by atoms with E-state index in [-0.39, 0.29) is 5.95 Å². The van der Waals surface area contributed by atoms with Crippen LogP contribution in [0.3, 0.4) is 0 Å². The Morgan fingerprint density at radius 1 is 1.00 bits per heavy atom. The van der Waals surface area contributed by atoms with Crippen LogP contribution < -0.4 is 5.73 Å². The standard InChI is InChI=1S/C19H14N6/c20-12-14-8-4-5-9-15(14)16-11-18-23-17(24-25(18)19(21)22-16)10-13-6-2-1-3-7-13/h1-9,11H,10H2,(H2,21,22). The molecule has 2 heterocycles. The summed E-state index contributed by atoms with van der Waals surface area (Å²) in [5, 5.41) is 13.7. The van der Waals surface area contributed by atoms with Crippen LogP contribution in [0.1, 0.15) is 17.0 Å². The Labute approximate surface area is 144 Å². The molecule has 6 nitrogen and oxygen atoms in total. The molecule has 120 valence electrons. The molecule has 0 bridgehead atoms. The first-order valence-corrected chi connectivity index (χ1v) is 7.80. The van der Waals surface area contributed by atoms with Crippen LogP contribution in [0.25, 0.3) is 16.9 Å². The molecule has 0 aliphatic heterocycles. The minimum absolute atomic E-state index is 0.243. The predicted molar refractivity (Wildman–Crippen MR) is 94.6 cm³/mol. The number of nitrogens with two attached hydrogens (primary N) is 1. The minimum Gasteiger partial charge on any atom is -0.368 e. The van der Waals surface area contributed by atoms with Gasteiger partial charge in [-0.1, -0.05) is 48.5 Å². The highest BCUT2D eigenvalue weighted by Gasteiger charge is 2.12. The Kier molecular flexibility index (Phi) is 3.60. The molecule has 2 N–H and O–H groups in total. The highest BCUT2D eigenvalue weighted by atomic mass is 15.3. The number of aromatic nitrogens is 4. The average molecular weight is 326 g/mol. The van der Waals surface area contributed by atoms with Gasteiger partial charge in [-0.25, -0.2) is 9.97 Å². The van der Waals surface area contributed by atoms with Crippen molar-refractivity contribution in [1.82, 2.24) is 19.6 Å². The van der Waals surface area contributed by atoms with E-state index in [2.05, 4.69) is 21.1 Å². The van der Waals surface area contributed by atoms with Gasteiger partial charge in [0.15, 0.2) is 11.5 Å². The van der Waals surface area contributed by atoms with Crippen LogP contribution in [0.5, 0.6) is 0 Å². The van der Waals surface area contributed by atoms with Gasteiger partial charge in [0.05, 0.1) is 17.3 Å². The van der Waals surface area contributed by atoms with Crippen molar-refractivity contribution in [2.45, 2.75) is 6.42 Å². The molecule has 0 spiro atoms. The lowest BCUT2D eigenvalue weighted by molar-refractivity contribution is 0.891. The summed E-state index contributed by atoms with van der Waals surface area (Å²) in [6.45, 7) is 0. The van der Waals surface area contributed by atoms with Crippen LogP contribution in [-0.4, -0.2) is 19.6 Å². The zero-order valence-corrected chi connectivity index (χ0v) is 13.3. The van der Waals surface area contributed by atoms with Crippen LogP contribution >= 0.6 is 0 Å². The smallest absolute Gasteiger partial charge is 0.223 e. The molecule has 0 atom stereocenters. The molecule has 2 aromatic heterocycles. The summed E-state index contributed by atoms with van der Waals surface area (Å²) in [5.41, 5.74) is 9.68. The molecule has 0 saturated heterocycles. The molecular formula is C19H14N6. The van der Waals surface area contributed by atoms with Crippen LogP contribution in [0, 0.1) is 11.3 Å². The Hall–Kier alpha value is -3.72. The second kappa shape index (κ2) is 6.06. The van der Waals surface area contributed by atoms with Crippen molar-refractivity contribution in [2.75, 3.05) is 5.73 Å². The molecule has 4 rings (SSSR count). The van der Waals surface area contributed by atoms with Crippen LogP contribution in [-0.2, 0) is 6.42 Å². The summed E-state index contributed by atoms with van der Waals surface area (Å²) in [6, 6.07) is 21.3. The number of nitrogens with zero attached hydrogens (tertiary/aromatic N) is 5. The fourth-order valence-electron chi connectivity index (χ4n) is 2.75. The fraction of sp³-hybridized carbons (Fsp3) is 0.0526. The van der Waals surface area contributed by atoms with Crippen molar-refractivity contribution in [3.05, 3.63) is 77.6 Å². The van der Waals surface area contributed by atoms with Gasteiger partial charge in [0.1, 0.15) is 0 Å². The van der Waals surface area contributed by atoms with Gasteiger partial charge in [-0.05, 0) is 11.6 Å². The monoisotopic (exact) mass is 326 g/mol. The molecular weight excluding hydrogens is 312 g/mol. The third-order valence-corrected chi connectivity index (χ3v) is 3.92. The minimum atomic E-state index is 0.243. The van der Waals surface area contributed by atoms with E-state index in [0.717, 1.165) is 11.1 Å². The third kappa shape index (κ3) is 2.79. The van der Waals surface area contributed by atoms with Gasteiger partial charge >= 0.3 is 0 Å². The summed E-state index contributed by atoms with van der Waals surface area (Å²) in [7, 11) is 0. The molecule has 6 heteroatoms. The van der Waals surface area contributed by atoms with Gasteiger partial charge in [0, 0.05) is 18.1 Å². The van der Waals surface area contributed by atoms with Crippen LogP contribution in [0.15, 0.2) is 60.7 Å². The van der Waals surface area contributed by atoms with Crippen molar-refractivity contribution in [3.63, 3.8) is 0 Å². The molecule has 0 aliphatic carbocycles. The number of rotatable bonds is 3. The maximum absolute atomic E-state index is 9.29. The van der Waals surface area contributed by atoms with Crippen molar-refractivity contribution < 1.29 is 0 Å².